The summed E-state index contributed by atoms with van der Waals surface area (Å²) in [5.41, 5.74) is 0. The normalized spacial score (nSPS) is 36.5. The summed E-state index contributed by atoms with van der Waals surface area (Å²) in [7, 11) is 0. The fraction of sp³-hybridized carbons (Fsp3) is 0.571. The predicted molar refractivity (Wildman–Crippen MR) is 37.0 cm³/mol. The van der Waals surface area contributed by atoms with Crippen LogP contribution in [0.3, 0.4) is 0 Å². The van der Waals surface area contributed by atoms with Crippen LogP contribution in [-0.2, 0) is 14.4 Å². The molecule has 0 saturated carbocycles. The molecule has 1 rings (SSSR count). The molecule has 0 aromatic heterocycles. The van der Waals surface area contributed by atoms with Gasteiger partial charge >= 0.3 is 0 Å². The Labute approximate surface area is 64.0 Å². The van der Waals surface area contributed by atoms with E-state index in [1.165, 1.54) is 0 Å². The Bertz CT molecular complexity index is 165. The molecule has 0 aromatic carbocycles. The van der Waals surface area contributed by atoms with Crippen LogP contribution in [0, 0.1) is 5.92 Å². The lowest BCUT2D eigenvalue weighted by Gasteiger charge is -2.03. The molecule has 1 aliphatic rings. The Kier molecular flexibility index (Phi) is 2.48. The molecule has 4 heteroatoms. The fourth-order valence-electron chi connectivity index (χ4n) is 1.25. The zero-order chi connectivity index (χ0) is 8.27. The van der Waals surface area contributed by atoms with Crippen molar-refractivity contribution in [1.82, 2.24) is 5.32 Å². The average Bonchev–Trinajstić information content (AvgIpc) is 2.46. The molecule has 4 nitrogen and oxygen atoms in total. The third-order valence-corrected chi connectivity index (χ3v) is 1.88. The molecule has 0 spiro atoms. The van der Waals surface area contributed by atoms with Crippen LogP contribution in [0.5, 0.6) is 0 Å². The van der Waals surface area contributed by atoms with Crippen molar-refractivity contribution in [1.29, 1.82) is 0 Å². The van der Waals surface area contributed by atoms with Crippen molar-refractivity contribution in [2.24, 2.45) is 5.92 Å². The van der Waals surface area contributed by atoms with E-state index in [1.807, 2.05) is 0 Å². The molecule has 0 aliphatic carbocycles. The molecule has 0 radical (unpaired) electrons. The zero-order valence-electron chi connectivity index (χ0n) is 5.90. The first kappa shape index (κ1) is 8.07. The summed E-state index contributed by atoms with van der Waals surface area (Å²) in [5.74, 6) is -0.331. The molecule has 1 fully saturated rings. The third-order valence-electron chi connectivity index (χ3n) is 1.88. The molecule has 1 aliphatic heterocycles. The van der Waals surface area contributed by atoms with E-state index in [0.717, 1.165) is 12.6 Å². The largest absolute Gasteiger partial charge is 0.303 e. The van der Waals surface area contributed by atoms with Crippen LogP contribution in [0.2, 0.25) is 0 Å². The van der Waals surface area contributed by atoms with Crippen LogP contribution in [0.15, 0.2) is 0 Å². The van der Waals surface area contributed by atoms with Gasteiger partial charge in [0, 0.05) is 5.92 Å². The lowest BCUT2D eigenvalue weighted by molar-refractivity contribution is -0.116. The van der Waals surface area contributed by atoms with Crippen LogP contribution >= 0.6 is 0 Å². The maximum absolute atomic E-state index is 10.3. The molecule has 0 amide bonds. The molecule has 3 atom stereocenters. The minimum absolute atomic E-state index is 0.331. The van der Waals surface area contributed by atoms with Crippen molar-refractivity contribution in [3.05, 3.63) is 0 Å². The minimum Gasteiger partial charge on any atom is -0.303 e. The molecule has 0 bridgehead atoms. The van der Waals surface area contributed by atoms with Crippen LogP contribution in [-0.4, -0.2) is 30.9 Å². The van der Waals surface area contributed by atoms with Crippen LogP contribution in [0.4, 0.5) is 0 Å². The molecular weight excluding hydrogens is 146 g/mol. The van der Waals surface area contributed by atoms with Gasteiger partial charge in [-0.3, -0.25) is 5.32 Å². The van der Waals surface area contributed by atoms with E-state index < -0.39 is 6.04 Å². The number of rotatable bonds is 3. The van der Waals surface area contributed by atoms with Gasteiger partial charge in [-0.1, -0.05) is 0 Å². The second-order valence-electron chi connectivity index (χ2n) is 2.61. The van der Waals surface area contributed by atoms with E-state index in [-0.39, 0.29) is 12.0 Å². The standard InChI is InChI=1S/C7H9NO3/c9-2-5-1-6(3-10)8-7(5)4-11/h2-8H,1H2. The van der Waals surface area contributed by atoms with Gasteiger partial charge in [-0.25, -0.2) is 0 Å². The maximum Gasteiger partial charge on any atom is 0.137 e. The highest BCUT2D eigenvalue weighted by Gasteiger charge is 2.32. The lowest BCUT2D eigenvalue weighted by atomic mass is 10.0. The van der Waals surface area contributed by atoms with Gasteiger partial charge in [0.2, 0.25) is 0 Å². The van der Waals surface area contributed by atoms with E-state index in [2.05, 4.69) is 5.32 Å². The number of carbonyl (C=O) groups excluding carboxylic acids is 3. The van der Waals surface area contributed by atoms with E-state index in [9.17, 15) is 14.4 Å². The van der Waals surface area contributed by atoms with Gasteiger partial charge in [0.1, 0.15) is 18.9 Å². The molecule has 3 unspecified atom stereocenters. The average molecular weight is 155 g/mol. The number of hydrogen-bond donors (Lipinski definition) is 1. The highest BCUT2D eigenvalue weighted by atomic mass is 16.1. The summed E-state index contributed by atoms with van der Waals surface area (Å²) in [5, 5.41) is 2.72. The van der Waals surface area contributed by atoms with Gasteiger partial charge in [-0.2, -0.15) is 0 Å². The van der Waals surface area contributed by atoms with Crippen molar-refractivity contribution < 1.29 is 14.4 Å². The van der Waals surface area contributed by atoms with Gasteiger partial charge in [0.05, 0.1) is 12.1 Å². The van der Waals surface area contributed by atoms with Crippen LogP contribution in [0.25, 0.3) is 0 Å². The Morgan fingerprint density at radius 3 is 2.18 bits per heavy atom. The smallest absolute Gasteiger partial charge is 0.137 e. The number of nitrogens with one attached hydrogen (secondary N) is 1. The summed E-state index contributed by atoms with van der Waals surface area (Å²) in [6.45, 7) is 0. The van der Waals surface area contributed by atoms with E-state index >= 15 is 0 Å². The maximum atomic E-state index is 10.3. The summed E-state index contributed by atoms with van der Waals surface area (Å²) < 4.78 is 0. The molecule has 60 valence electrons. The fourth-order valence-corrected chi connectivity index (χ4v) is 1.25. The van der Waals surface area contributed by atoms with Crippen molar-refractivity contribution in [3.63, 3.8) is 0 Å². The van der Waals surface area contributed by atoms with Crippen molar-refractivity contribution in [2.75, 3.05) is 0 Å². The van der Waals surface area contributed by atoms with Gasteiger partial charge < -0.3 is 14.4 Å². The van der Waals surface area contributed by atoms with Crippen LogP contribution < -0.4 is 5.32 Å². The molecule has 1 N–H and O–H groups in total. The first-order valence-electron chi connectivity index (χ1n) is 3.43. The number of hydrogen-bond acceptors (Lipinski definition) is 4. The Balaban J connectivity index is 2.60. The second-order valence-corrected chi connectivity index (χ2v) is 2.61. The summed E-state index contributed by atoms with van der Waals surface area (Å²) in [6, 6.07) is -0.803. The van der Waals surface area contributed by atoms with Crippen LogP contribution in [0.1, 0.15) is 6.42 Å². The predicted octanol–water partition coefficient (Wildman–Crippen LogP) is -1.07. The highest BCUT2D eigenvalue weighted by molar-refractivity contribution is 5.72. The highest BCUT2D eigenvalue weighted by Crippen LogP contribution is 2.15. The molecule has 1 saturated heterocycles. The SMILES string of the molecule is O=CC1CC(C=O)C(C=O)N1. The van der Waals surface area contributed by atoms with E-state index in [4.69, 9.17) is 0 Å². The summed E-state index contributed by atoms with van der Waals surface area (Å²) in [6.07, 6.45) is 2.55. The van der Waals surface area contributed by atoms with Gasteiger partial charge in [-0.05, 0) is 6.42 Å². The second kappa shape index (κ2) is 3.39. The zero-order valence-corrected chi connectivity index (χ0v) is 5.90. The topological polar surface area (TPSA) is 63.2 Å². The number of aldehydes is 3. The molecular formula is C7H9NO3. The Morgan fingerprint density at radius 2 is 1.82 bits per heavy atom. The summed E-state index contributed by atoms with van der Waals surface area (Å²) in [4.78, 5) is 30.9. The van der Waals surface area contributed by atoms with Crippen molar-refractivity contribution in [3.8, 4) is 0 Å². The first-order valence-corrected chi connectivity index (χ1v) is 3.43. The van der Waals surface area contributed by atoms with E-state index in [1.54, 1.807) is 0 Å². The van der Waals surface area contributed by atoms with Crippen molar-refractivity contribution in [2.45, 2.75) is 18.5 Å². The molecule has 0 aromatic rings. The lowest BCUT2D eigenvalue weighted by Crippen LogP contribution is -2.33. The number of carbonyl (C=O) groups is 3. The third kappa shape index (κ3) is 1.51. The first-order chi connectivity index (χ1) is 5.31. The Hall–Kier alpha value is -1.03. The van der Waals surface area contributed by atoms with Gasteiger partial charge in [0.25, 0.3) is 0 Å². The van der Waals surface area contributed by atoms with Crippen molar-refractivity contribution >= 4 is 18.9 Å². The van der Waals surface area contributed by atoms with Gasteiger partial charge in [-0.15, -0.1) is 0 Å². The van der Waals surface area contributed by atoms with Gasteiger partial charge in [0.15, 0.2) is 0 Å². The molecule has 1 heterocycles. The molecule has 11 heavy (non-hydrogen) atoms. The summed E-state index contributed by atoms with van der Waals surface area (Å²) >= 11 is 0. The Morgan fingerprint density at radius 1 is 1.09 bits per heavy atom. The quantitative estimate of drug-likeness (QED) is 0.527. The monoisotopic (exact) mass is 155 g/mol. The minimum atomic E-state index is -0.470. The van der Waals surface area contributed by atoms with E-state index in [0.29, 0.717) is 12.7 Å².